The molecule has 15 rings (SSSR count). The number of fused-ring (bicyclic) bond motifs is 9. The smallest absolute Gasteiger partial charge is 0.297 e. The molecule has 1 aromatic heterocycles. The second kappa shape index (κ2) is 15.9. The van der Waals surface area contributed by atoms with Crippen molar-refractivity contribution in [3.05, 3.63) is 197 Å². The van der Waals surface area contributed by atoms with Crippen molar-refractivity contribution in [2.24, 2.45) is 0 Å². The summed E-state index contributed by atoms with van der Waals surface area (Å²) in [5.41, 5.74) is 25.7. The second-order valence-corrected chi connectivity index (χ2v) is 26.1. The van der Waals surface area contributed by atoms with Gasteiger partial charge in [-0.1, -0.05) is 172 Å². The van der Waals surface area contributed by atoms with Gasteiger partial charge in [0.05, 0.1) is 11.3 Å². The molecule has 0 N–H and O–H groups in total. The lowest BCUT2D eigenvalue weighted by molar-refractivity contribution is 0.188. The van der Waals surface area contributed by atoms with Crippen molar-refractivity contribution in [2.45, 2.75) is 140 Å². The van der Waals surface area contributed by atoms with Crippen LogP contribution in [0, 0.1) is 0 Å². The molecule has 3 heterocycles. The van der Waals surface area contributed by atoms with Crippen LogP contribution in [0.25, 0.3) is 33.2 Å². The minimum Gasteiger partial charge on any atom is -0.468 e. The third-order valence-corrected chi connectivity index (χ3v) is 19.3. The van der Waals surface area contributed by atoms with Crippen LogP contribution in [0.1, 0.15) is 147 Å². The van der Waals surface area contributed by atoms with E-state index in [-0.39, 0.29) is 39.7 Å². The van der Waals surface area contributed by atoms with Gasteiger partial charge in [0.1, 0.15) is 5.58 Å². The van der Waals surface area contributed by atoms with E-state index >= 15 is 0 Å². The zero-order valence-electron chi connectivity index (χ0n) is 45.0. The fourth-order valence-corrected chi connectivity index (χ4v) is 14.6. The molecule has 2 bridgehead atoms. The Morgan fingerprint density at radius 3 is 1.81 bits per heavy atom. The molecule has 0 amide bonds. The minimum atomic E-state index is -0.159. The van der Waals surface area contributed by atoms with Gasteiger partial charge in [-0.3, -0.25) is 0 Å². The number of benzene rings is 7. The maximum atomic E-state index is 7.77. The fourth-order valence-electron chi connectivity index (χ4n) is 14.6. The van der Waals surface area contributed by atoms with Crippen molar-refractivity contribution >= 4 is 68.4 Å². The first-order valence-corrected chi connectivity index (χ1v) is 27.8. The van der Waals surface area contributed by atoms with E-state index < -0.39 is 0 Å². The molecule has 3 nitrogen and oxygen atoms in total. The number of nitrogens with zero attached hydrogens (tertiary/aromatic N) is 2. The van der Waals surface area contributed by atoms with E-state index in [1.165, 1.54) is 138 Å². The molecule has 368 valence electrons. The van der Waals surface area contributed by atoms with E-state index in [9.17, 15) is 0 Å². The average Bonchev–Trinajstić information content (AvgIpc) is 3.78. The number of furan rings is 1. The lowest BCUT2D eigenvalue weighted by Gasteiger charge is -2.52. The van der Waals surface area contributed by atoms with Crippen LogP contribution in [0.4, 0.5) is 34.1 Å². The first-order chi connectivity index (χ1) is 35.5. The van der Waals surface area contributed by atoms with E-state index in [2.05, 4.69) is 236 Å². The standard InChI is InChI=1S/C70H69BN2O/c1-66(2,3)50-25-28-59-58(40-50)71-63-60(72(59)52-36-47(44-19-13-10-14-20-44)35-48(37-52)45-21-15-11-16-22-45)38-49(46-23-17-12-18-24-46)39-61(63)73(51-26-27-54-55(41-51)68(6,7)30-29-67(54,4)5)64-53-42-56-57(43-62(53)74-65(64)71)70(9)33-31-69(56,8)32-34-70/h10-21,23-28,35-43,45H,22,29-34H2,1-9H3. The Hall–Kier alpha value is -6.78. The van der Waals surface area contributed by atoms with Crippen molar-refractivity contribution in [1.82, 2.24) is 0 Å². The lowest BCUT2D eigenvalue weighted by atomic mass is 9.35. The van der Waals surface area contributed by atoms with Crippen LogP contribution in [0.3, 0.4) is 0 Å². The number of anilines is 6. The fraction of sp³-hybridized carbons (Fsp3) is 0.314. The summed E-state index contributed by atoms with van der Waals surface area (Å²) in [6, 6.07) is 54.5. The third-order valence-electron chi connectivity index (χ3n) is 19.3. The van der Waals surface area contributed by atoms with Gasteiger partial charge >= 0.3 is 0 Å². The van der Waals surface area contributed by atoms with Crippen LogP contribution in [-0.4, -0.2) is 6.71 Å². The summed E-state index contributed by atoms with van der Waals surface area (Å²) in [7, 11) is 0. The molecule has 0 spiro atoms. The molecule has 1 atom stereocenters. The Morgan fingerprint density at radius 2 is 1.16 bits per heavy atom. The van der Waals surface area contributed by atoms with Gasteiger partial charge in [-0.2, -0.15) is 0 Å². The average molecular weight is 965 g/mol. The molecule has 4 heteroatoms. The van der Waals surface area contributed by atoms with Gasteiger partial charge in [0, 0.05) is 39.7 Å². The molecule has 8 aromatic rings. The Bertz CT molecular complexity index is 3690. The van der Waals surface area contributed by atoms with E-state index in [0.717, 1.165) is 24.1 Å². The van der Waals surface area contributed by atoms with E-state index in [4.69, 9.17) is 4.42 Å². The van der Waals surface area contributed by atoms with Crippen molar-refractivity contribution in [1.29, 1.82) is 0 Å². The third kappa shape index (κ3) is 6.85. The molecule has 7 aromatic carbocycles. The highest BCUT2D eigenvalue weighted by Gasteiger charge is 2.51. The Morgan fingerprint density at radius 1 is 0.527 bits per heavy atom. The molecule has 5 aliphatic carbocycles. The highest BCUT2D eigenvalue weighted by molar-refractivity contribution is 7.00. The maximum Gasteiger partial charge on any atom is 0.297 e. The molecule has 74 heavy (non-hydrogen) atoms. The van der Waals surface area contributed by atoms with Crippen LogP contribution in [0.2, 0.25) is 0 Å². The Balaban J connectivity index is 1.12. The van der Waals surface area contributed by atoms with Crippen molar-refractivity contribution in [2.75, 3.05) is 9.80 Å². The summed E-state index contributed by atoms with van der Waals surface area (Å²) in [5, 5.41) is 1.23. The van der Waals surface area contributed by atoms with Crippen LogP contribution >= 0.6 is 0 Å². The molecular weight excluding hydrogens is 896 g/mol. The van der Waals surface area contributed by atoms with Gasteiger partial charge in [-0.05, 0) is 193 Å². The number of hydrogen-bond acceptors (Lipinski definition) is 3. The van der Waals surface area contributed by atoms with Crippen molar-refractivity contribution < 1.29 is 4.42 Å². The number of allylic oxidation sites excluding steroid dienone is 4. The summed E-state index contributed by atoms with van der Waals surface area (Å²) in [6.45, 7) is 21.8. The molecule has 7 aliphatic rings. The molecule has 1 saturated carbocycles. The Labute approximate surface area is 440 Å². The van der Waals surface area contributed by atoms with Crippen LogP contribution in [-0.2, 0) is 27.1 Å². The molecule has 0 radical (unpaired) electrons. The largest absolute Gasteiger partial charge is 0.468 e. The molecule has 1 unspecified atom stereocenters. The van der Waals surface area contributed by atoms with Gasteiger partial charge in [0.2, 0.25) is 0 Å². The van der Waals surface area contributed by atoms with E-state index in [1.54, 1.807) is 0 Å². The minimum absolute atomic E-state index is 0.0258. The van der Waals surface area contributed by atoms with Crippen LogP contribution in [0.15, 0.2) is 168 Å². The first-order valence-electron chi connectivity index (χ1n) is 27.8. The predicted octanol–water partition coefficient (Wildman–Crippen LogP) is 17.2. The summed E-state index contributed by atoms with van der Waals surface area (Å²) >= 11 is 0. The quantitative estimate of drug-likeness (QED) is 0.160. The van der Waals surface area contributed by atoms with Crippen LogP contribution in [0.5, 0.6) is 0 Å². The van der Waals surface area contributed by atoms with Gasteiger partial charge < -0.3 is 14.2 Å². The molecular formula is C70H69BN2O. The van der Waals surface area contributed by atoms with Crippen molar-refractivity contribution in [3.8, 4) is 22.3 Å². The zero-order chi connectivity index (χ0) is 50.7. The van der Waals surface area contributed by atoms with E-state index in [1.807, 2.05) is 0 Å². The zero-order valence-corrected chi connectivity index (χ0v) is 45.0. The second-order valence-electron chi connectivity index (χ2n) is 26.1. The highest BCUT2D eigenvalue weighted by Crippen LogP contribution is 2.59. The van der Waals surface area contributed by atoms with E-state index in [0.29, 0.717) is 0 Å². The van der Waals surface area contributed by atoms with Gasteiger partial charge in [0.25, 0.3) is 6.71 Å². The summed E-state index contributed by atoms with van der Waals surface area (Å²) in [5.74, 6) is 0.268. The molecule has 1 fully saturated rings. The number of hydrogen-bond donors (Lipinski definition) is 0. The van der Waals surface area contributed by atoms with Crippen LogP contribution < -0.4 is 26.4 Å². The van der Waals surface area contributed by atoms with Gasteiger partial charge in [-0.15, -0.1) is 0 Å². The monoisotopic (exact) mass is 965 g/mol. The summed E-state index contributed by atoms with van der Waals surface area (Å²) < 4.78 is 7.77. The van der Waals surface area contributed by atoms with Crippen molar-refractivity contribution in [3.63, 3.8) is 0 Å². The van der Waals surface area contributed by atoms with Gasteiger partial charge in [-0.25, -0.2) is 0 Å². The summed E-state index contributed by atoms with van der Waals surface area (Å²) in [4.78, 5) is 5.30. The van der Waals surface area contributed by atoms with Gasteiger partial charge in [0.15, 0.2) is 0 Å². The SMILES string of the molecule is CC(C)(C)c1ccc2c(c1)B1c3oc4cc5c(cc4c3N(c3ccc4c(c3)C(C)(C)CCC4(C)C)c3cc(-c4ccccc4)cc(c31)N2c1cc(-c2ccccc2)cc(C2C=CC=CC2)c1)C1(C)CCC5(C)CC1. The molecule has 2 aliphatic heterocycles. The maximum absolute atomic E-state index is 7.77. The highest BCUT2D eigenvalue weighted by atomic mass is 16.3. The topological polar surface area (TPSA) is 19.6 Å². The molecule has 0 saturated heterocycles. The first kappa shape index (κ1) is 45.8. The lowest BCUT2D eigenvalue weighted by Crippen LogP contribution is -2.61. The Kier molecular flexibility index (Phi) is 9.83. The number of rotatable bonds is 5. The normalized spacial score (nSPS) is 22.6. The summed E-state index contributed by atoms with van der Waals surface area (Å²) in [6.07, 6.45) is 17.3. The predicted molar refractivity (Wildman–Crippen MR) is 314 cm³/mol.